The van der Waals surface area contributed by atoms with Crippen molar-refractivity contribution in [1.29, 1.82) is 0 Å². The molecule has 6 nitrogen and oxygen atoms in total. The Labute approximate surface area is 165 Å². The number of methoxy groups -OCH3 is 1. The third-order valence-electron chi connectivity index (χ3n) is 4.25. The highest BCUT2D eigenvalue weighted by Crippen LogP contribution is 2.15. The minimum atomic E-state index is -0.830. The Morgan fingerprint density at radius 1 is 1.04 bits per heavy atom. The zero-order valence-corrected chi connectivity index (χ0v) is 16.5. The Kier molecular flexibility index (Phi) is 7.87. The first-order valence-corrected chi connectivity index (χ1v) is 9.28. The molecule has 2 aromatic rings. The molecule has 0 bridgehead atoms. The Hall–Kier alpha value is -3.02. The van der Waals surface area contributed by atoms with Gasteiger partial charge in [0.1, 0.15) is 17.5 Å². The smallest absolute Gasteiger partial charge is 0.328 e. The molecule has 0 saturated carbocycles. The largest absolute Gasteiger partial charge is 0.508 e. The second-order valence-corrected chi connectivity index (χ2v) is 6.98. The molecule has 150 valence electrons. The summed E-state index contributed by atoms with van der Waals surface area (Å²) in [5.74, 6) is 0.496. The van der Waals surface area contributed by atoms with Gasteiger partial charge in [0.2, 0.25) is 0 Å². The van der Waals surface area contributed by atoms with Gasteiger partial charge in [0.05, 0.1) is 13.7 Å². The van der Waals surface area contributed by atoms with Crippen LogP contribution in [-0.4, -0.2) is 36.7 Å². The van der Waals surface area contributed by atoms with Crippen molar-refractivity contribution >= 4 is 11.9 Å². The SMILES string of the molecule is COC(=O)[C@H](Cc1ccc(O)cc1)NC(=O)c1ccc(OCCC(C)C)cc1. The quantitative estimate of drug-likeness (QED) is 0.647. The molecule has 2 aromatic carbocycles. The second-order valence-electron chi connectivity index (χ2n) is 6.98. The highest BCUT2D eigenvalue weighted by molar-refractivity contribution is 5.96. The predicted molar refractivity (Wildman–Crippen MR) is 106 cm³/mol. The Balaban J connectivity index is 2.00. The molecule has 0 saturated heterocycles. The highest BCUT2D eigenvalue weighted by Gasteiger charge is 2.22. The average molecular weight is 385 g/mol. The molecule has 28 heavy (non-hydrogen) atoms. The van der Waals surface area contributed by atoms with Gasteiger partial charge in [-0.2, -0.15) is 0 Å². The van der Waals surface area contributed by atoms with Crippen LogP contribution in [0.2, 0.25) is 0 Å². The molecule has 0 aliphatic carbocycles. The van der Waals surface area contributed by atoms with E-state index >= 15 is 0 Å². The van der Waals surface area contributed by atoms with Gasteiger partial charge >= 0.3 is 5.97 Å². The number of aromatic hydroxyl groups is 1. The predicted octanol–water partition coefficient (Wildman–Crippen LogP) is 3.33. The number of hydrogen-bond acceptors (Lipinski definition) is 5. The van der Waals surface area contributed by atoms with Crippen LogP contribution in [0.15, 0.2) is 48.5 Å². The number of amides is 1. The van der Waals surface area contributed by atoms with E-state index in [0.29, 0.717) is 23.8 Å². The van der Waals surface area contributed by atoms with Gasteiger partial charge in [0, 0.05) is 12.0 Å². The fraction of sp³-hybridized carbons (Fsp3) is 0.364. The summed E-state index contributed by atoms with van der Waals surface area (Å²) >= 11 is 0. The summed E-state index contributed by atoms with van der Waals surface area (Å²) in [6, 6.07) is 12.4. The lowest BCUT2D eigenvalue weighted by molar-refractivity contribution is -0.142. The van der Waals surface area contributed by atoms with Crippen LogP contribution < -0.4 is 10.1 Å². The maximum absolute atomic E-state index is 12.5. The minimum Gasteiger partial charge on any atom is -0.508 e. The van der Waals surface area contributed by atoms with E-state index < -0.39 is 12.0 Å². The topological polar surface area (TPSA) is 84.9 Å². The molecule has 0 aromatic heterocycles. The monoisotopic (exact) mass is 385 g/mol. The Morgan fingerprint density at radius 3 is 2.25 bits per heavy atom. The molecule has 0 aliphatic rings. The van der Waals surface area contributed by atoms with Gasteiger partial charge in [0.15, 0.2) is 0 Å². The van der Waals surface area contributed by atoms with Crippen molar-refractivity contribution in [2.45, 2.75) is 32.7 Å². The first-order valence-electron chi connectivity index (χ1n) is 9.28. The highest BCUT2D eigenvalue weighted by atomic mass is 16.5. The van der Waals surface area contributed by atoms with E-state index in [-0.39, 0.29) is 18.1 Å². The lowest BCUT2D eigenvalue weighted by Crippen LogP contribution is -2.43. The van der Waals surface area contributed by atoms with E-state index in [1.54, 1.807) is 36.4 Å². The summed E-state index contributed by atoms with van der Waals surface area (Å²) in [6.07, 6.45) is 1.22. The molecule has 6 heteroatoms. The van der Waals surface area contributed by atoms with E-state index in [0.717, 1.165) is 12.0 Å². The zero-order valence-electron chi connectivity index (χ0n) is 16.5. The summed E-state index contributed by atoms with van der Waals surface area (Å²) in [7, 11) is 1.28. The molecule has 0 aliphatic heterocycles. The molecule has 2 N–H and O–H groups in total. The van der Waals surface area contributed by atoms with Crippen molar-refractivity contribution in [3.8, 4) is 11.5 Å². The van der Waals surface area contributed by atoms with Crippen LogP contribution in [0, 0.1) is 5.92 Å². The third kappa shape index (κ3) is 6.61. The van der Waals surface area contributed by atoms with Crippen molar-refractivity contribution in [2.24, 2.45) is 5.92 Å². The van der Waals surface area contributed by atoms with Crippen LogP contribution in [0.1, 0.15) is 36.2 Å². The van der Waals surface area contributed by atoms with Crippen LogP contribution in [0.5, 0.6) is 11.5 Å². The van der Waals surface area contributed by atoms with Gasteiger partial charge in [-0.15, -0.1) is 0 Å². The number of nitrogens with one attached hydrogen (secondary N) is 1. The van der Waals surface area contributed by atoms with Gasteiger partial charge in [-0.3, -0.25) is 4.79 Å². The minimum absolute atomic E-state index is 0.137. The molecule has 0 unspecified atom stereocenters. The van der Waals surface area contributed by atoms with Gasteiger partial charge in [-0.1, -0.05) is 26.0 Å². The maximum atomic E-state index is 12.5. The van der Waals surface area contributed by atoms with Crippen LogP contribution in [0.4, 0.5) is 0 Å². The van der Waals surface area contributed by atoms with E-state index in [1.807, 2.05) is 0 Å². The average Bonchev–Trinajstić information content (AvgIpc) is 2.68. The van der Waals surface area contributed by atoms with Crippen LogP contribution >= 0.6 is 0 Å². The summed E-state index contributed by atoms with van der Waals surface area (Å²) in [6.45, 7) is 4.89. The van der Waals surface area contributed by atoms with Crippen LogP contribution in [0.25, 0.3) is 0 Å². The number of benzene rings is 2. The lowest BCUT2D eigenvalue weighted by atomic mass is 10.1. The maximum Gasteiger partial charge on any atom is 0.328 e. The second kappa shape index (κ2) is 10.3. The first kappa shape index (κ1) is 21.3. The number of phenols is 1. The van der Waals surface area contributed by atoms with Gasteiger partial charge < -0.3 is 19.9 Å². The third-order valence-corrected chi connectivity index (χ3v) is 4.25. The molecule has 0 radical (unpaired) electrons. The van der Waals surface area contributed by atoms with E-state index in [4.69, 9.17) is 9.47 Å². The number of carbonyl (C=O) groups excluding carboxylic acids is 2. The summed E-state index contributed by atoms with van der Waals surface area (Å²) in [5.41, 5.74) is 1.22. The van der Waals surface area contributed by atoms with Crippen molar-refractivity contribution < 1.29 is 24.2 Å². The molecule has 2 rings (SSSR count). The molecular weight excluding hydrogens is 358 g/mol. The van der Waals surface area contributed by atoms with Crippen molar-refractivity contribution in [1.82, 2.24) is 5.32 Å². The fourth-order valence-electron chi connectivity index (χ4n) is 2.56. The van der Waals surface area contributed by atoms with Crippen molar-refractivity contribution in [3.63, 3.8) is 0 Å². The van der Waals surface area contributed by atoms with E-state index in [2.05, 4.69) is 19.2 Å². The Morgan fingerprint density at radius 2 is 1.68 bits per heavy atom. The van der Waals surface area contributed by atoms with Gasteiger partial charge in [-0.25, -0.2) is 4.79 Å². The fourth-order valence-corrected chi connectivity index (χ4v) is 2.56. The Bertz CT molecular complexity index is 769. The number of carbonyl (C=O) groups is 2. The van der Waals surface area contributed by atoms with E-state index in [1.165, 1.54) is 19.2 Å². The molecule has 0 fully saturated rings. The van der Waals surface area contributed by atoms with E-state index in [9.17, 15) is 14.7 Å². The molecule has 0 heterocycles. The number of ether oxygens (including phenoxy) is 2. The summed E-state index contributed by atoms with van der Waals surface area (Å²) < 4.78 is 10.5. The van der Waals surface area contributed by atoms with Crippen molar-refractivity contribution in [2.75, 3.05) is 13.7 Å². The van der Waals surface area contributed by atoms with Gasteiger partial charge in [0.25, 0.3) is 5.91 Å². The molecular formula is C22H27NO5. The molecule has 0 spiro atoms. The number of rotatable bonds is 9. The van der Waals surface area contributed by atoms with Crippen LogP contribution in [0.3, 0.4) is 0 Å². The standard InChI is InChI=1S/C22H27NO5/c1-15(2)12-13-28-19-10-6-17(7-11-19)21(25)23-20(22(26)27-3)14-16-4-8-18(24)9-5-16/h4-11,15,20,24H,12-14H2,1-3H3,(H,23,25)/t20-/m0/s1. The normalized spacial score (nSPS) is 11.7. The number of hydrogen-bond donors (Lipinski definition) is 2. The first-order chi connectivity index (χ1) is 13.4. The lowest BCUT2D eigenvalue weighted by Gasteiger charge is -2.17. The summed E-state index contributed by atoms with van der Waals surface area (Å²) in [4.78, 5) is 24.6. The number of esters is 1. The number of phenolic OH excluding ortho intramolecular Hbond substituents is 1. The zero-order chi connectivity index (χ0) is 20.5. The van der Waals surface area contributed by atoms with Crippen LogP contribution in [-0.2, 0) is 16.0 Å². The molecule has 1 atom stereocenters. The molecule has 1 amide bonds. The summed E-state index contributed by atoms with van der Waals surface area (Å²) in [5, 5.41) is 12.1. The van der Waals surface area contributed by atoms with Crippen molar-refractivity contribution in [3.05, 3.63) is 59.7 Å². The van der Waals surface area contributed by atoms with Gasteiger partial charge in [-0.05, 0) is 54.3 Å².